The molecule has 3 atom stereocenters. The minimum Gasteiger partial charge on any atom is -0.373 e. The first kappa shape index (κ1) is 13.8. The average molecular weight is 264 g/mol. The summed E-state index contributed by atoms with van der Waals surface area (Å²) in [5, 5.41) is 6.64. The Bertz CT molecular complexity index is 436. The highest BCUT2D eigenvalue weighted by Crippen LogP contribution is 2.17. The smallest absolute Gasteiger partial charge is 0.115 e. The molecule has 102 valence electrons. The third-order valence-electron chi connectivity index (χ3n) is 3.14. The van der Waals surface area contributed by atoms with E-state index in [1.165, 1.54) is 0 Å². The number of nitrogens with one attached hydrogen (secondary N) is 1. The second-order valence-corrected chi connectivity index (χ2v) is 4.60. The molecule has 1 aromatic rings. The summed E-state index contributed by atoms with van der Waals surface area (Å²) in [5.41, 5.74) is 9.58. The largest absolute Gasteiger partial charge is 0.373 e. The van der Waals surface area contributed by atoms with Crippen molar-refractivity contribution in [1.82, 2.24) is 5.32 Å². The van der Waals surface area contributed by atoms with Crippen molar-refractivity contribution in [2.75, 3.05) is 13.1 Å². The maximum atomic E-state index is 13.6. The topological polar surface area (TPSA) is 70.0 Å². The Balaban J connectivity index is 1.99. The molecule has 0 radical (unpaired) electrons. The number of hydrogen-bond donors (Lipinski definition) is 1. The van der Waals surface area contributed by atoms with Crippen LogP contribution in [-0.4, -0.2) is 31.4 Å². The zero-order chi connectivity index (χ0) is 13.5. The molecular formula is C13H17FN4O. The van der Waals surface area contributed by atoms with Gasteiger partial charge >= 0.3 is 0 Å². The summed E-state index contributed by atoms with van der Waals surface area (Å²) in [6.45, 7) is 1.13. The highest BCUT2D eigenvalue weighted by Gasteiger charge is 2.28. The van der Waals surface area contributed by atoms with Crippen LogP contribution >= 0.6 is 0 Å². The summed E-state index contributed by atoms with van der Waals surface area (Å²) in [4.78, 5) is 2.81. The normalized spacial score (nSPS) is 27.3. The summed E-state index contributed by atoms with van der Waals surface area (Å²) < 4.78 is 19.3. The van der Waals surface area contributed by atoms with Gasteiger partial charge in [0.25, 0.3) is 0 Å². The predicted molar refractivity (Wildman–Crippen MR) is 70.3 cm³/mol. The van der Waals surface area contributed by atoms with Gasteiger partial charge in [-0.1, -0.05) is 35.4 Å². The summed E-state index contributed by atoms with van der Waals surface area (Å²) in [6, 6.07) is 9.32. The first-order valence-corrected chi connectivity index (χ1v) is 6.34. The van der Waals surface area contributed by atoms with Crippen molar-refractivity contribution < 1.29 is 9.13 Å². The molecule has 0 bridgehead atoms. The summed E-state index contributed by atoms with van der Waals surface area (Å²) in [7, 11) is 0. The van der Waals surface area contributed by atoms with E-state index in [2.05, 4.69) is 15.3 Å². The third-order valence-corrected chi connectivity index (χ3v) is 3.14. The Morgan fingerprint density at radius 1 is 1.37 bits per heavy atom. The lowest BCUT2D eigenvalue weighted by atomic mass is 10.1. The van der Waals surface area contributed by atoms with E-state index in [9.17, 15) is 4.39 Å². The number of benzene rings is 1. The molecule has 0 amide bonds. The van der Waals surface area contributed by atoms with E-state index in [4.69, 9.17) is 10.3 Å². The molecule has 2 rings (SSSR count). The van der Waals surface area contributed by atoms with E-state index >= 15 is 0 Å². The van der Waals surface area contributed by atoms with Crippen molar-refractivity contribution in [3.63, 3.8) is 0 Å². The highest BCUT2D eigenvalue weighted by atomic mass is 19.1. The lowest BCUT2D eigenvalue weighted by Crippen LogP contribution is -2.33. The molecule has 5 nitrogen and oxygen atoms in total. The molecule has 1 aromatic carbocycles. The summed E-state index contributed by atoms with van der Waals surface area (Å²) in [6.07, 6.45) is -1.11. The Labute approximate surface area is 111 Å². The van der Waals surface area contributed by atoms with Crippen LogP contribution in [0.5, 0.6) is 0 Å². The molecule has 1 heterocycles. The Morgan fingerprint density at radius 3 is 2.89 bits per heavy atom. The van der Waals surface area contributed by atoms with Crippen LogP contribution in [0.25, 0.3) is 10.4 Å². The molecule has 1 aliphatic heterocycles. The number of ether oxygens (including phenoxy) is 1. The molecule has 0 spiro atoms. The second-order valence-electron chi connectivity index (χ2n) is 4.60. The van der Waals surface area contributed by atoms with Crippen molar-refractivity contribution in [3.05, 3.63) is 46.3 Å². The second kappa shape index (κ2) is 7.09. The minimum atomic E-state index is -0.973. The van der Waals surface area contributed by atoms with Crippen molar-refractivity contribution in [1.29, 1.82) is 0 Å². The molecule has 0 aromatic heterocycles. The van der Waals surface area contributed by atoms with E-state index < -0.39 is 6.17 Å². The summed E-state index contributed by atoms with van der Waals surface area (Å²) >= 11 is 0. The quantitative estimate of drug-likeness (QED) is 0.516. The Hall–Kier alpha value is -1.62. The molecule has 1 N–H and O–H groups in total. The van der Waals surface area contributed by atoms with Crippen molar-refractivity contribution >= 4 is 0 Å². The number of alkyl halides is 1. The van der Waals surface area contributed by atoms with E-state index in [0.717, 1.165) is 5.56 Å². The molecule has 0 saturated carbocycles. The van der Waals surface area contributed by atoms with E-state index in [1.54, 1.807) is 0 Å². The third kappa shape index (κ3) is 4.21. The van der Waals surface area contributed by atoms with E-state index in [-0.39, 0.29) is 25.1 Å². The van der Waals surface area contributed by atoms with Crippen LogP contribution in [-0.2, 0) is 11.3 Å². The lowest BCUT2D eigenvalue weighted by Gasteiger charge is -2.21. The highest BCUT2D eigenvalue weighted by molar-refractivity contribution is 5.13. The average Bonchev–Trinajstić information content (AvgIpc) is 2.60. The van der Waals surface area contributed by atoms with Gasteiger partial charge in [-0.15, -0.1) is 0 Å². The zero-order valence-electron chi connectivity index (χ0n) is 10.6. The number of azide groups is 1. The molecular weight excluding hydrogens is 247 g/mol. The lowest BCUT2D eigenvalue weighted by molar-refractivity contribution is 0.0115. The maximum absolute atomic E-state index is 13.6. The first-order valence-electron chi connectivity index (χ1n) is 6.34. The van der Waals surface area contributed by atoms with Gasteiger partial charge in [0, 0.05) is 24.4 Å². The Kier molecular flexibility index (Phi) is 5.15. The predicted octanol–water partition coefficient (Wildman–Crippen LogP) is 2.58. The SMILES string of the molecule is [N-]=[N+]=N[C@@H]1CNC[C@H](F)C[C@H]1OCc1ccccc1. The molecule has 19 heavy (non-hydrogen) atoms. The van der Waals surface area contributed by atoms with Gasteiger partial charge < -0.3 is 10.1 Å². The van der Waals surface area contributed by atoms with Crippen LogP contribution in [0.15, 0.2) is 35.4 Å². The van der Waals surface area contributed by atoms with Gasteiger partial charge in [0.1, 0.15) is 6.17 Å². The van der Waals surface area contributed by atoms with Crippen LogP contribution in [0.2, 0.25) is 0 Å². The van der Waals surface area contributed by atoms with Gasteiger partial charge in [-0.2, -0.15) is 0 Å². The molecule has 6 heteroatoms. The van der Waals surface area contributed by atoms with Gasteiger partial charge in [0.2, 0.25) is 0 Å². The fourth-order valence-corrected chi connectivity index (χ4v) is 2.15. The number of hydrogen-bond acceptors (Lipinski definition) is 3. The van der Waals surface area contributed by atoms with E-state index in [0.29, 0.717) is 13.2 Å². The number of halogens is 1. The van der Waals surface area contributed by atoms with Crippen molar-refractivity contribution in [2.45, 2.75) is 31.3 Å². The maximum Gasteiger partial charge on any atom is 0.115 e. The number of rotatable bonds is 4. The van der Waals surface area contributed by atoms with Crippen LogP contribution in [0.4, 0.5) is 4.39 Å². The van der Waals surface area contributed by atoms with E-state index in [1.807, 2.05) is 30.3 Å². The molecule has 1 saturated heterocycles. The van der Waals surface area contributed by atoms with Gasteiger partial charge in [-0.25, -0.2) is 4.39 Å². The Morgan fingerprint density at radius 2 is 2.16 bits per heavy atom. The molecule has 1 fully saturated rings. The monoisotopic (exact) mass is 264 g/mol. The number of nitrogens with zero attached hydrogens (tertiary/aromatic N) is 3. The first-order chi connectivity index (χ1) is 9.29. The molecule has 0 aliphatic carbocycles. The van der Waals surface area contributed by atoms with Crippen molar-refractivity contribution in [2.24, 2.45) is 5.11 Å². The van der Waals surface area contributed by atoms with Crippen LogP contribution in [0.1, 0.15) is 12.0 Å². The fraction of sp³-hybridized carbons (Fsp3) is 0.538. The van der Waals surface area contributed by atoms with Crippen LogP contribution in [0, 0.1) is 0 Å². The van der Waals surface area contributed by atoms with Gasteiger partial charge in [0.05, 0.1) is 18.8 Å². The van der Waals surface area contributed by atoms with Crippen molar-refractivity contribution in [3.8, 4) is 0 Å². The van der Waals surface area contributed by atoms with Crippen LogP contribution in [0.3, 0.4) is 0 Å². The van der Waals surface area contributed by atoms with Gasteiger partial charge in [-0.05, 0) is 11.1 Å². The standard InChI is InChI=1S/C13H17FN4O/c14-11-6-13(12(17-18-15)8-16-7-11)19-9-10-4-2-1-3-5-10/h1-5,11-13,16H,6-9H2/t11-,12-,13-/m1/s1. The zero-order valence-corrected chi connectivity index (χ0v) is 10.6. The van der Waals surface area contributed by atoms with Gasteiger partial charge in [-0.3, -0.25) is 0 Å². The molecule has 0 unspecified atom stereocenters. The molecule has 1 aliphatic rings. The minimum absolute atomic E-state index is 0.253. The van der Waals surface area contributed by atoms with Gasteiger partial charge in [0.15, 0.2) is 0 Å². The fourth-order valence-electron chi connectivity index (χ4n) is 2.15. The van der Waals surface area contributed by atoms with Crippen LogP contribution < -0.4 is 5.32 Å². The summed E-state index contributed by atoms with van der Waals surface area (Å²) in [5.74, 6) is 0.